The van der Waals surface area contributed by atoms with Crippen molar-refractivity contribution in [2.24, 2.45) is 9.98 Å². The third kappa shape index (κ3) is 5.68. The summed E-state index contributed by atoms with van der Waals surface area (Å²) in [6.07, 6.45) is 9.01. The minimum Gasteiger partial charge on any atom is -0.289 e. The van der Waals surface area contributed by atoms with Crippen LogP contribution in [0.1, 0.15) is 64.6 Å². The molecule has 0 unspecified atom stereocenters. The molecule has 0 spiro atoms. The predicted octanol–water partition coefficient (Wildman–Crippen LogP) is 6.73. The molecule has 0 atom stereocenters. The summed E-state index contributed by atoms with van der Waals surface area (Å²) in [7, 11) is 0. The molecule has 2 nitrogen and oxygen atoms in total. The molecule has 5 rings (SSSR count). The van der Waals surface area contributed by atoms with Crippen molar-refractivity contribution in [2.75, 3.05) is 13.1 Å². The zero-order valence-electron chi connectivity index (χ0n) is 19.8. The summed E-state index contributed by atoms with van der Waals surface area (Å²) in [5.74, 6) is 0. The van der Waals surface area contributed by atoms with Crippen LogP contribution in [0.2, 0.25) is 0 Å². The van der Waals surface area contributed by atoms with Crippen LogP contribution in [-0.4, -0.2) is 24.5 Å². The van der Waals surface area contributed by atoms with E-state index in [0.29, 0.717) is 0 Å². The van der Waals surface area contributed by atoms with Crippen molar-refractivity contribution in [3.63, 3.8) is 0 Å². The van der Waals surface area contributed by atoms with Crippen molar-refractivity contribution >= 4 is 11.4 Å². The monoisotopic (exact) mass is 434 g/mol. The smallest absolute Gasteiger partial charge is 0.0421 e. The number of hydrogen-bond acceptors (Lipinski definition) is 2. The first kappa shape index (κ1) is 21.8. The van der Waals surface area contributed by atoms with E-state index in [-0.39, 0.29) is 0 Å². The predicted molar refractivity (Wildman–Crippen MR) is 140 cm³/mol. The summed E-state index contributed by atoms with van der Waals surface area (Å²) < 4.78 is 0. The van der Waals surface area contributed by atoms with Gasteiger partial charge in [-0.05, 0) is 91.7 Å². The van der Waals surface area contributed by atoms with Gasteiger partial charge in [-0.1, -0.05) is 72.3 Å². The summed E-state index contributed by atoms with van der Waals surface area (Å²) in [5, 5.41) is 0. The van der Waals surface area contributed by atoms with Gasteiger partial charge in [-0.15, -0.1) is 0 Å². The van der Waals surface area contributed by atoms with Gasteiger partial charge in [0.15, 0.2) is 0 Å². The molecule has 0 N–H and O–H groups in total. The van der Waals surface area contributed by atoms with Crippen molar-refractivity contribution in [1.82, 2.24) is 0 Å². The second-order valence-corrected chi connectivity index (χ2v) is 9.58. The molecule has 3 aromatic carbocycles. The fourth-order valence-electron chi connectivity index (χ4n) is 5.09. The van der Waals surface area contributed by atoms with Crippen molar-refractivity contribution in [3.8, 4) is 0 Å². The third-order valence-corrected chi connectivity index (χ3v) is 6.92. The molecule has 2 aliphatic rings. The molecular weight excluding hydrogens is 400 g/mol. The second kappa shape index (κ2) is 10.3. The van der Waals surface area contributed by atoms with Crippen LogP contribution in [0.15, 0.2) is 76.7 Å². The highest BCUT2D eigenvalue weighted by Gasteiger charge is 2.10. The van der Waals surface area contributed by atoms with E-state index in [1.165, 1.54) is 63.2 Å². The van der Waals surface area contributed by atoms with E-state index in [2.05, 4.69) is 83.6 Å². The molecule has 0 aromatic heterocycles. The number of hydrogen-bond donors (Lipinski definition) is 0. The largest absolute Gasteiger partial charge is 0.289 e. The number of aryl methyl sites for hydroxylation is 5. The van der Waals surface area contributed by atoms with E-state index >= 15 is 0 Å². The Morgan fingerprint density at radius 2 is 0.970 bits per heavy atom. The van der Waals surface area contributed by atoms with Crippen molar-refractivity contribution < 1.29 is 0 Å². The van der Waals surface area contributed by atoms with Crippen LogP contribution >= 0.6 is 0 Å². The van der Waals surface area contributed by atoms with Gasteiger partial charge in [0, 0.05) is 24.5 Å². The lowest BCUT2D eigenvalue weighted by atomic mass is 9.96. The fourth-order valence-corrected chi connectivity index (χ4v) is 5.09. The molecule has 168 valence electrons. The molecule has 0 amide bonds. The number of nitrogens with zero attached hydrogens (tertiary/aromatic N) is 2. The van der Waals surface area contributed by atoms with Crippen molar-refractivity contribution in [3.05, 3.63) is 106 Å². The summed E-state index contributed by atoms with van der Waals surface area (Å²) in [6.45, 7) is 4.21. The Morgan fingerprint density at radius 3 is 1.36 bits per heavy atom. The molecule has 2 aliphatic heterocycles. The number of benzene rings is 3. The molecule has 2 heterocycles. The van der Waals surface area contributed by atoms with E-state index < -0.39 is 0 Å². The normalized spacial score (nSPS) is 15.5. The lowest BCUT2D eigenvalue weighted by Crippen LogP contribution is -1.99. The molecular formula is C31H34N2. The summed E-state index contributed by atoms with van der Waals surface area (Å²) in [5.41, 5.74) is 12.3. The van der Waals surface area contributed by atoms with Crippen LogP contribution in [0.25, 0.3) is 0 Å². The molecule has 0 bridgehead atoms. The zero-order chi connectivity index (χ0) is 22.5. The highest BCUT2D eigenvalue weighted by Crippen LogP contribution is 2.19. The second-order valence-electron chi connectivity index (χ2n) is 9.58. The van der Waals surface area contributed by atoms with Gasteiger partial charge in [-0.25, -0.2) is 0 Å². The van der Waals surface area contributed by atoms with Gasteiger partial charge in [0.05, 0.1) is 0 Å². The van der Waals surface area contributed by atoms with Crippen molar-refractivity contribution in [2.45, 2.75) is 58.3 Å². The average Bonchev–Trinajstić information content (AvgIpc) is 3.57. The average molecular weight is 435 g/mol. The van der Waals surface area contributed by atoms with E-state index in [1.54, 1.807) is 0 Å². The Kier molecular flexibility index (Phi) is 6.81. The SMILES string of the molecule is Cc1cc(CCc2ccc(C3=NCCC3)cc2)cc(CCc2ccc(C3=NCCC3)cc2)c1. The molecule has 2 heteroatoms. The van der Waals surface area contributed by atoms with Crippen LogP contribution in [0.5, 0.6) is 0 Å². The lowest BCUT2D eigenvalue weighted by molar-refractivity contribution is 0.926. The Balaban J connectivity index is 1.17. The maximum absolute atomic E-state index is 4.62. The molecule has 0 saturated carbocycles. The first-order chi connectivity index (χ1) is 16.2. The summed E-state index contributed by atoms with van der Waals surface area (Å²) >= 11 is 0. The van der Waals surface area contributed by atoms with Crippen LogP contribution in [-0.2, 0) is 25.7 Å². The van der Waals surface area contributed by atoms with E-state index in [0.717, 1.165) is 51.6 Å². The minimum atomic E-state index is 0.994. The van der Waals surface area contributed by atoms with Gasteiger partial charge in [0.2, 0.25) is 0 Å². The van der Waals surface area contributed by atoms with Gasteiger partial charge in [0.1, 0.15) is 0 Å². The van der Waals surface area contributed by atoms with Crippen LogP contribution in [0.3, 0.4) is 0 Å². The molecule has 0 radical (unpaired) electrons. The molecule has 0 fully saturated rings. The van der Waals surface area contributed by atoms with E-state index in [1.807, 2.05) is 0 Å². The lowest BCUT2D eigenvalue weighted by Gasteiger charge is -2.10. The highest BCUT2D eigenvalue weighted by atomic mass is 14.8. The topological polar surface area (TPSA) is 24.7 Å². The Morgan fingerprint density at radius 1 is 0.545 bits per heavy atom. The first-order valence-corrected chi connectivity index (χ1v) is 12.6. The number of rotatable bonds is 8. The van der Waals surface area contributed by atoms with Crippen molar-refractivity contribution in [1.29, 1.82) is 0 Å². The van der Waals surface area contributed by atoms with Gasteiger partial charge in [-0.2, -0.15) is 0 Å². The third-order valence-electron chi connectivity index (χ3n) is 6.92. The van der Waals surface area contributed by atoms with Gasteiger partial charge < -0.3 is 0 Å². The van der Waals surface area contributed by atoms with Gasteiger partial charge in [-0.3, -0.25) is 9.98 Å². The van der Waals surface area contributed by atoms with Crippen LogP contribution in [0, 0.1) is 6.92 Å². The first-order valence-electron chi connectivity index (χ1n) is 12.6. The van der Waals surface area contributed by atoms with Gasteiger partial charge in [0.25, 0.3) is 0 Å². The Labute approximate surface area is 198 Å². The summed E-state index contributed by atoms with van der Waals surface area (Å²) in [6, 6.07) is 25.3. The van der Waals surface area contributed by atoms with E-state index in [9.17, 15) is 0 Å². The quantitative estimate of drug-likeness (QED) is 0.375. The molecule has 0 aliphatic carbocycles. The molecule has 33 heavy (non-hydrogen) atoms. The van der Waals surface area contributed by atoms with Crippen LogP contribution in [0.4, 0.5) is 0 Å². The Bertz CT molecular complexity index is 1060. The standard InChI is InChI=1S/C31H34N2/c1-23-20-26(8-6-24-10-14-28(15-11-24)30-4-2-18-32-30)22-27(21-23)9-7-25-12-16-29(17-13-25)31-5-3-19-33-31/h10-17,20-22H,2-9,18-19H2,1H3. The molecule has 3 aromatic rings. The van der Waals surface area contributed by atoms with Gasteiger partial charge >= 0.3 is 0 Å². The maximum Gasteiger partial charge on any atom is 0.0421 e. The zero-order valence-corrected chi connectivity index (χ0v) is 19.8. The molecule has 0 saturated heterocycles. The van der Waals surface area contributed by atoms with Crippen LogP contribution < -0.4 is 0 Å². The minimum absolute atomic E-state index is 0.994. The summed E-state index contributed by atoms with van der Waals surface area (Å²) in [4.78, 5) is 9.24. The fraction of sp³-hybridized carbons (Fsp3) is 0.355. The highest BCUT2D eigenvalue weighted by molar-refractivity contribution is 6.02. The number of aliphatic imine (C=N–C) groups is 2. The maximum atomic E-state index is 4.62. The Hall–Kier alpha value is -3.00. The van der Waals surface area contributed by atoms with E-state index in [4.69, 9.17) is 0 Å².